The van der Waals surface area contributed by atoms with Crippen molar-refractivity contribution in [3.8, 4) is 5.75 Å². The minimum absolute atomic E-state index is 0. The number of rotatable bonds is 8. The molecule has 1 aromatic carbocycles. The number of aliphatic imine (C=N–C) groups is 1. The van der Waals surface area contributed by atoms with Crippen LogP contribution in [0.25, 0.3) is 0 Å². The van der Waals surface area contributed by atoms with E-state index in [1.807, 2.05) is 12.1 Å². The van der Waals surface area contributed by atoms with Crippen LogP contribution >= 0.6 is 24.0 Å². The predicted molar refractivity (Wildman–Crippen MR) is 137 cm³/mol. The van der Waals surface area contributed by atoms with Gasteiger partial charge in [0.1, 0.15) is 5.75 Å². The monoisotopic (exact) mass is 566 g/mol. The first-order valence-corrected chi connectivity index (χ1v) is 11.2. The van der Waals surface area contributed by atoms with Crippen LogP contribution in [0.15, 0.2) is 29.3 Å². The first-order valence-electron chi connectivity index (χ1n) is 11.2. The summed E-state index contributed by atoms with van der Waals surface area (Å²) in [5.74, 6) is 1.00. The molecule has 2 N–H and O–H groups in total. The van der Waals surface area contributed by atoms with Crippen LogP contribution in [0.5, 0.6) is 5.75 Å². The van der Waals surface area contributed by atoms with Crippen molar-refractivity contribution in [3.63, 3.8) is 0 Å². The average molecular weight is 566 g/mol. The number of ether oxygens (including phenoxy) is 1. The zero-order chi connectivity index (χ0) is 22.2. The van der Waals surface area contributed by atoms with E-state index in [4.69, 9.17) is 4.74 Å². The number of hydrogen-bond donors (Lipinski definition) is 2. The van der Waals surface area contributed by atoms with Gasteiger partial charge in [-0.25, -0.2) is 0 Å². The molecule has 1 aromatic rings. The van der Waals surface area contributed by atoms with Crippen LogP contribution in [-0.2, 0) is 0 Å². The first-order chi connectivity index (χ1) is 15.0. The fourth-order valence-corrected chi connectivity index (χ4v) is 4.29. The third-order valence-electron chi connectivity index (χ3n) is 6.22. The Morgan fingerprint density at radius 1 is 1.19 bits per heavy atom. The van der Waals surface area contributed by atoms with E-state index in [1.165, 1.54) is 0 Å². The second-order valence-corrected chi connectivity index (χ2v) is 8.19. The normalized spacial score (nSPS) is 21.4. The summed E-state index contributed by atoms with van der Waals surface area (Å²) in [5.41, 5.74) is 0.704. The average Bonchev–Trinajstić information content (AvgIpc) is 3.24. The molecule has 182 valence electrons. The summed E-state index contributed by atoms with van der Waals surface area (Å²) in [6, 6.07) is 7.58. The lowest BCUT2D eigenvalue weighted by molar-refractivity contribution is -0.0495. The fraction of sp³-hybridized carbons (Fsp3) is 0.682. The minimum Gasteiger partial charge on any atom is -0.433 e. The van der Waals surface area contributed by atoms with Crippen molar-refractivity contribution in [2.75, 3.05) is 64.3 Å². The van der Waals surface area contributed by atoms with Gasteiger partial charge in [0.25, 0.3) is 0 Å². The van der Waals surface area contributed by atoms with Crippen molar-refractivity contribution in [3.05, 3.63) is 24.3 Å². The Bertz CT molecular complexity index is 717. The lowest BCUT2D eigenvalue weighted by Gasteiger charge is -2.37. The summed E-state index contributed by atoms with van der Waals surface area (Å²) < 4.78 is 30.1. The van der Waals surface area contributed by atoms with E-state index in [0.29, 0.717) is 18.3 Å². The summed E-state index contributed by atoms with van der Waals surface area (Å²) in [5, 5.41) is 6.93. The zero-order valence-electron chi connectivity index (χ0n) is 19.3. The van der Waals surface area contributed by atoms with Crippen LogP contribution in [0.1, 0.15) is 20.3 Å². The number of anilines is 1. The first kappa shape index (κ1) is 26.8. The van der Waals surface area contributed by atoms with Crippen molar-refractivity contribution in [1.29, 1.82) is 0 Å². The van der Waals surface area contributed by atoms with E-state index in [2.05, 4.69) is 44.2 Å². The minimum atomic E-state index is -2.83. The summed E-state index contributed by atoms with van der Waals surface area (Å²) >= 11 is 0. The van der Waals surface area contributed by atoms with Gasteiger partial charge >= 0.3 is 6.61 Å². The third-order valence-corrected chi connectivity index (χ3v) is 6.22. The molecule has 0 aliphatic carbocycles. The summed E-state index contributed by atoms with van der Waals surface area (Å²) in [6.07, 6.45) is 0.901. The molecule has 2 aliphatic rings. The van der Waals surface area contributed by atoms with Gasteiger partial charge < -0.3 is 25.2 Å². The standard InChI is InChI=1S/C22H36F2N6O.HI/c1-4-28-11-13-29(14-12-28)17(2)15-26-22(25-3)27-18-9-10-30(16-18)19-7-5-6-8-20(19)31-21(23)24;/h5-8,17-18,21H,4,9-16H2,1-3H3,(H2,25,26,27);1H. The van der Waals surface area contributed by atoms with Crippen LogP contribution in [-0.4, -0.2) is 93.9 Å². The molecule has 2 aliphatic heterocycles. The zero-order valence-corrected chi connectivity index (χ0v) is 21.6. The van der Waals surface area contributed by atoms with Crippen molar-refractivity contribution in [2.45, 2.75) is 39.0 Å². The van der Waals surface area contributed by atoms with Gasteiger partial charge in [-0.1, -0.05) is 19.1 Å². The maximum atomic E-state index is 12.7. The van der Waals surface area contributed by atoms with Crippen LogP contribution in [0.2, 0.25) is 0 Å². The van der Waals surface area contributed by atoms with Crippen molar-refractivity contribution in [2.24, 2.45) is 4.99 Å². The summed E-state index contributed by atoms with van der Waals surface area (Å²) in [4.78, 5) is 11.5. The molecule has 3 rings (SSSR count). The van der Waals surface area contributed by atoms with Gasteiger partial charge in [-0.3, -0.25) is 9.89 Å². The van der Waals surface area contributed by atoms with Crippen LogP contribution in [0, 0.1) is 0 Å². The Morgan fingerprint density at radius 3 is 2.56 bits per heavy atom. The Hall–Kier alpha value is -1.40. The number of nitrogens with zero attached hydrogens (tertiary/aromatic N) is 4. The van der Waals surface area contributed by atoms with E-state index < -0.39 is 6.61 Å². The molecule has 10 heteroatoms. The van der Waals surface area contributed by atoms with Crippen LogP contribution in [0.4, 0.5) is 14.5 Å². The molecule has 0 bridgehead atoms. The van der Waals surface area contributed by atoms with Gasteiger partial charge in [0.2, 0.25) is 0 Å². The van der Waals surface area contributed by atoms with Crippen molar-refractivity contribution < 1.29 is 13.5 Å². The van der Waals surface area contributed by atoms with Crippen LogP contribution < -0.4 is 20.3 Å². The lowest BCUT2D eigenvalue weighted by Crippen LogP contribution is -2.53. The van der Waals surface area contributed by atoms with Gasteiger partial charge in [-0.15, -0.1) is 24.0 Å². The molecule has 0 spiro atoms. The van der Waals surface area contributed by atoms with Gasteiger partial charge in [-0.05, 0) is 32.0 Å². The van der Waals surface area contributed by atoms with Crippen LogP contribution in [0.3, 0.4) is 0 Å². The third kappa shape index (κ3) is 7.58. The second-order valence-electron chi connectivity index (χ2n) is 8.19. The van der Waals surface area contributed by atoms with Crippen molar-refractivity contribution in [1.82, 2.24) is 20.4 Å². The number of guanidine groups is 1. The quantitative estimate of drug-likeness (QED) is 0.287. The summed E-state index contributed by atoms with van der Waals surface area (Å²) in [6.45, 7) is 9.51. The molecule has 0 amide bonds. The number of halogens is 3. The fourth-order valence-electron chi connectivity index (χ4n) is 4.29. The molecule has 2 heterocycles. The predicted octanol–water partition coefficient (Wildman–Crippen LogP) is 2.68. The Morgan fingerprint density at radius 2 is 1.91 bits per heavy atom. The molecular weight excluding hydrogens is 529 g/mol. The van der Waals surface area contributed by atoms with Gasteiger partial charge in [0.05, 0.1) is 5.69 Å². The SMILES string of the molecule is CCN1CCN(C(C)CNC(=NC)NC2CCN(c3ccccc3OC(F)F)C2)CC1.I. The Kier molecular flexibility index (Phi) is 11.2. The van der Waals surface area contributed by atoms with E-state index in [-0.39, 0.29) is 35.8 Å². The number of benzene rings is 1. The van der Waals surface area contributed by atoms with E-state index in [9.17, 15) is 8.78 Å². The van der Waals surface area contributed by atoms with Crippen molar-refractivity contribution >= 4 is 35.6 Å². The maximum absolute atomic E-state index is 12.7. The molecule has 2 fully saturated rings. The highest BCUT2D eigenvalue weighted by molar-refractivity contribution is 14.0. The Labute approximate surface area is 207 Å². The number of likely N-dealkylation sites (N-methyl/N-ethyl adjacent to an activating group) is 1. The summed E-state index contributed by atoms with van der Waals surface area (Å²) in [7, 11) is 1.78. The van der Waals surface area contributed by atoms with E-state index in [0.717, 1.165) is 58.2 Å². The molecular formula is C22H37F2IN6O. The van der Waals surface area contributed by atoms with E-state index in [1.54, 1.807) is 19.2 Å². The molecule has 0 saturated carbocycles. The second kappa shape index (κ2) is 13.3. The van der Waals surface area contributed by atoms with Gasteiger partial charge in [0.15, 0.2) is 5.96 Å². The lowest BCUT2D eigenvalue weighted by atomic mass is 10.2. The molecule has 2 saturated heterocycles. The largest absolute Gasteiger partial charge is 0.433 e. The molecule has 2 atom stereocenters. The number of alkyl halides is 2. The number of nitrogens with one attached hydrogen (secondary N) is 2. The number of hydrogen-bond acceptors (Lipinski definition) is 5. The topological polar surface area (TPSA) is 55.4 Å². The number of piperazine rings is 1. The molecule has 7 nitrogen and oxygen atoms in total. The smallest absolute Gasteiger partial charge is 0.387 e. The highest BCUT2D eigenvalue weighted by Gasteiger charge is 2.26. The number of para-hydroxylation sites is 2. The molecule has 2 unspecified atom stereocenters. The molecule has 0 radical (unpaired) electrons. The van der Waals surface area contributed by atoms with Gasteiger partial charge in [0, 0.05) is 64.9 Å². The Balaban J connectivity index is 0.00000363. The highest BCUT2D eigenvalue weighted by Crippen LogP contribution is 2.31. The maximum Gasteiger partial charge on any atom is 0.387 e. The van der Waals surface area contributed by atoms with Gasteiger partial charge in [-0.2, -0.15) is 8.78 Å². The molecule has 0 aromatic heterocycles. The molecule has 32 heavy (non-hydrogen) atoms. The van der Waals surface area contributed by atoms with E-state index >= 15 is 0 Å². The highest BCUT2D eigenvalue weighted by atomic mass is 127.